The van der Waals surface area contributed by atoms with Gasteiger partial charge in [0.25, 0.3) is 0 Å². The molecule has 3 N–H and O–H groups in total. The first kappa shape index (κ1) is 21.9. The van der Waals surface area contributed by atoms with Crippen LogP contribution in [0.1, 0.15) is 36.1 Å². The Morgan fingerprint density at radius 3 is 2.50 bits per heavy atom. The molecule has 0 saturated carbocycles. The number of rotatable bonds is 7. The molecule has 30 heavy (non-hydrogen) atoms. The fourth-order valence-corrected chi connectivity index (χ4v) is 3.62. The van der Waals surface area contributed by atoms with E-state index < -0.39 is 24.5 Å². The Balaban J connectivity index is 1.79. The van der Waals surface area contributed by atoms with Crippen molar-refractivity contribution in [1.82, 2.24) is 15.6 Å². The topological polar surface area (TPSA) is 74.0 Å². The third kappa shape index (κ3) is 5.40. The van der Waals surface area contributed by atoms with Crippen LogP contribution in [0.25, 0.3) is 11.3 Å². The van der Waals surface area contributed by atoms with Gasteiger partial charge in [0.05, 0.1) is 0 Å². The second-order valence-electron chi connectivity index (χ2n) is 7.40. The molecule has 2 heterocycles. The minimum absolute atomic E-state index is 0.0787. The lowest BCUT2D eigenvalue weighted by molar-refractivity contribution is -0.134. The van der Waals surface area contributed by atoms with Gasteiger partial charge in [0, 0.05) is 30.8 Å². The van der Waals surface area contributed by atoms with Crippen molar-refractivity contribution in [3.63, 3.8) is 0 Å². The lowest BCUT2D eigenvalue weighted by Crippen LogP contribution is -2.40. The fourth-order valence-electron chi connectivity index (χ4n) is 3.62. The number of aryl methyl sites for hydroxylation is 1. The lowest BCUT2D eigenvalue weighted by Gasteiger charge is -2.11. The van der Waals surface area contributed by atoms with Crippen molar-refractivity contribution in [3.8, 4) is 11.3 Å². The SMILES string of the molecule is Cc1c(CCC(F)(F)F)[nH]c(-c2ccc(F)cc2)c1CCC(=O)NC1CCNC1=O. The molecule has 5 nitrogen and oxygen atoms in total. The second-order valence-corrected chi connectivity index (χ2v) is 7.40. The zero-order chi connectivity index (χ0) is 21.9. The Morgan fingerprint density at radius 1 is 1.20 bits per heavy atom. The van der Waals surface area contributed by atoms with Gasteiger partial charge in [-0.3, -0.25) is 9.59 Å². The van der Waals surface area contributed by atoms with Crippen LogP contribution in [0.2, 0.25) is 0 Å². The lowest BCUT2D eigenvalue weighted by atomic mass is 9.99. The largest absolute Gasteiger partial charge is 0.389 e. The fraction of sp³-hybridized carbons (Fsp3) is 0.429. The van der Waals surface area contributed by atoms with E-state index in [0.717, 1.165) is 0 Å². The van der Waals surface area contributed by atoms with Crippen LogP contribution < -0.4 is 10.6 Å². The summed E-state index contributed by atoms with van der Waals surface area (Å²) in [7, 11) is 0. The summed E-state index contributed by atoms with van der Waals surface area (Å²) < 4.78 is 51.4. The maximum atomic E-state index is 13.3. The number of amides is 2. The zero-order valence-electron chi connectivity index (χ0n) is 16.5. The van der Waals surface area contributed by atoms with Crippen molar-refractivity contribution < 1.29 is 27.2 Å². The summed E-state index contributed by atoms with van der Waals surface area (Å²) in [6.07, 6.45) is -4.58. The van der Waals surface area contributed by atoms with Crippen molar-refractivity contribution in [2.75, 3.05) is 6.54 Å². The predicted octanol–water partition coefficient (Wildman–Crippen LogP) is 3.56. The summed E-state index contributed by atoms with van der Waals surface area (Å²) in [5.74, 6) is -0.947. The molecular weight excluding hydrogens is 402 g/mol. The molecule has 2 aromatic rings. The van der Waals surface area contributed by atoms with Gasteiger partial charge in [0.2, 0.25) is 11.8 Å². The van der Waals surface area contributed by atoms with Crippen LogP contribution in [0, 0.1) is 12.7 Å². The molecule has 2 amide bonds. The molecule has 1 aliphatic heterocycles. The van der Waals surface area contributed by atoms with Gasteiger partial charge in [0.1, 0.15) is 11.9 Å². The smallest absolute Gasteiger partial charge is 0.358 e. The minimum Gasteiger partial charge on any atom is -0.358 e. The van der Waals surface area contributed by atoms with E-state index in [2.05, 4.69) is 15.6 Å². The van der Waals surface area contributed by atoms with Gasteiger partial charge >= 0.3 is 6.18 Å². The van der Waals surface area contributed by atoms with Gasteiger partial charge < -0.3 is 15.6 Å². The van der Waals surface area contributed by atoms with Gasteiger partial charge in [-0.1, -0.05) is 0 Å². The van der Waals surface area contributed by atoms with Crippen LogP contribution in [-0.4, -0.2) is 35.6 Å². The van der Waals surface area contributed by atoms with Crippen LogP contribution >= 0.6 is 0 Å². The molecule has 1 aliphatic rings. The average molecular weight is 425 g/mol. The number of hydrogen-bond acceptors (Lipinski definition) is 2. The van der Waals surface area contributed by atoms with E-state index in [0.29, 0.717) is 41.0 Å². The molecule has 1 aromatic carbocycles. The summed E-state index contributed by atoms with van der Waals surface area (Å²) in [6.45, 7) is 2.23. The molecular formula is C21H23F4N3O2. The quantitative estimate of drug-likeness (QED) is 0.594. The summed E-state index contributed by atoms with van der Waals surface area (Å²) in [4.78, 5) is 26.9. The van der Waals surface area contributed by atoms with Gasteiger partial charge in [-0.05, 0) is 67.1 Å². The number of H-pyrrole nitrogens is 1. The number of aromatic amines is 1. The number of carbonyl (C=O) groups is 2. The monoisotopic (exact) mass is 425 g/mol. The number of aromatic nitrogens is 1. The van der Waals surface area contributed by atoms with Crippen LogP contribution in [0.3, 0.4) is 0 Å². The third-order valence-corrected chi connectivity index (χ3v) is 5.26. The highest BCUT2D eigenvalue weighted by Crippen LogP contribution is 2.31. The minimum atomic E-state index is -4.28. The molecule has 0 aliphatic carbocycles. The third-order valence-electron chi connectivity index (χ3n) is 5.26. The second kappa shape index (κ2) is 8.89. The van der Waals surface area contributed by atoms with Crippen molar-refractivity contribution in [3.05, 3.63) is 46.9 Å². The normalized spacial score (nSPS) is 16.6. The molecule has 0 radical (unpaired) electrons. The number of nitrogens with one attached hydrogen (secondary N) is 3. The molecule has 0 spiro atoms. The van der Waals surface area contributed by atoms with Crippen molar-refractivity contribution in [2.45, 2.75) is 51.2 Å². The van der Waals surface area contributed by atoms with Crippen molar-refractivity contribution in [1.29, 1.82) is 0 Å². The van der Waals surface area contributed by atoms with E-state index >= 15 is 0 Å². The van der Waals surface area contributed by atoms with Gasteiger partial charge in [-0.25, -0.2) is 4.39 Å². The molecule has 1 saturated heterocycles. The van der Waals surface area contributed by atoms with E-state index in [9.17, 15) is 27.2 Å². The Morgan fingerprint density at radius 2 is 1.90 bits per heavy atom. The Kier molecular flexibility index (Phi) is 6.48. The standard InChI is InChI=1S/C21H23F4N3O2/c1-12-15(6-7-18(29)27-17-9-11-26-20(17)30)19(13-2-4-14(22)5-3-13)28-16(12)8-10-21(23,24)25/h2-5,17,28H,6-11H2,1H3,(H,26,30)(H,27,29). The van der Waals surface area contributed by atoms with Crippen molar-refractivity contribution in [2.24, 2.45) is 0 Å². The van der Waals surface area contributed by atoms with Crippen LogP contribution in [0.4, 0.5) is 17.6 Å². The first-order valence-corrected chi connectivity index (χ1v) is 9.74. The van der Waals surface area contributed by atoms with E-state index in [1.165, 1.54) is 12.1 Å². The highest BCUT2D eigenvalue weighted by atomic mass is 19.4. The number of carbonyl (C=O) groups excluding carboxylic acids is 2. The summed E-state index contributed by atoms with van der Waals surface area (Å²) in [6, 6.07) is 5.08. The van der Waals surface area contributed by atoms with Crippen LogP contribution in [-0.2, 0) is 22.4 Å². The highest BCUT2D eigenvalue weighted by molar-refractivity contribution is 5.89. The number of alkyl halides is 3. The number of benzene rings is 1. The van der Waals surface area contributed by atoms with Crippen molar-refractivity contribution >= 4 is 11.8 Å². The zero-order valence-corrected chi connectivity index (χ0v) is 16.5. The predicted molar refractivity (Wildman–Crippen MR) is 103 cm³/mol. The van der Waals surface area contributed by atoms with Gasteiger partial charge in [-0.15, -0.1) is 0 Å². The Labute approximate surface area is 171 Å². The van der Waals surface area contributed by atoms with Crippen LogP contribution in [0.15, 0.2) is 24.3 Å². The van der Waals surface area contributed by atoms with Gasteiger partial charge in [0.15, 0.2) is 0 Å². The maximum Gasteiger partial charge on any atom is 0.389 e. The van der Waals surface area contributed by atoms with Crippen LogP contribution in [0.5, 0.6) is 0 Å². The summed E-state index contributed by atoms with van der Waals surface area (Å²) in [5, 5.41) is 5.32. The summed E-state index contributed by atoms with van der Waals surface area (Å²) >= 11 is 0. The number of hydrogen-bond donors (Lipinski definition) is 3. The molecule has 9 heteroatoms. The molecule has 1 unspecified atom stereocenters. The Bertz CT molecular complexity index is 920. The average Bonchev–Trinajstić information content (AvgIpc) is 3.21. The highest BCUT2D eigenvalue weighted by Gasteiger charge is 2.28. The summed E-state index contributed by atoms with van der Waals surface area (Å²) in [5.41, 5.74) is 3.02. The molecule has 162 valence electrons. The molecule has 3 rings (SSSR count). The van der Waals surface area contributed by atoms with E-state index in [4.69, 9.17) is 0 Å². The molecule has 0 bridgehead atoms. The van der Waals surface area contributed by atoms with Gasteiger partial charge in [-0.2, -0.15) is 13.2 Å². The molecule has 1 fully saturated rings. The first-order valence-electron chi connectivity index (χ1n) is 9.74. The number of halogens is 4. The van der Waals surface area contributed by atoms with E-state index in [1.54, 1.807) is 19.1 Å². The van der Waals surface area contributed by atoms with E-state index in [-0.39, 0.29) is 31.1 Å². The first-order chi connectivity index (χ1) is 14.1. The molecule has 1 aromatic heterocycles. The maximum absolute atomic E-state index is 13.3. The van der Waals surface area contributed by atoms with E-state index in [1.807, 2.05) is 0 Å². The molecule has 1 atom stereocenters. The Hall–Kier alpha value is -2.84.